The van der Waals surface area contributed by atoms with E-state index in [1.54, 1.807) is 13.2 Å². The third-order valence-electron chi connectivity index (χ3n) is 3.52. The number of methoxy groups -OCH3 is 1. The van der Waals surface area contributed by atoms with Gasteiger partial charge in [-0.15, -0.1) is 0 Å². The largest absolute Gasteiger partial charge is 0.390 e. The molecule has 0 saturated carbocycles. The Labute approximate surface area is 122 Å². The Kier molecular flexibility index (Phi) is 5.74. The van der Waals surface area contributed by atoms with E-state index >= 15 is 0 Å². The third-order valence-corrected chi connectivity index (χ3v) is 3.87. The average Bonchev–Trinajstić information content (AvgIpc) is 2.43. The van der Waals surface area contributed by atoms with E-state index in [2.05, 4.69) is 5.32 Å². The maximum absolute atomic E-state index is 12.9. The monoisotopic (exact) mass is 303 g/mol. The fourth-order valence-corrected chi connectivity index (χ4v) is 2.51. The number of benzene rings is 1. The average molecular weight is 304 g/mol. The Morgan fingerprint density at radius 2 is 2.30 bits per heavy atom. The molecule has 0 unspecified atom stereocenters. The van der Waals surface area contributed by atoms with Crippen LogP contribution in [0.4, 0.5) is 4.39 Å². The zero-order valence-electron chi connectivity index (χ0n) is 11.3. The highest BCUT2D eigenvalue weighted by atomic mass is 35.5. The molecule has 1 aliphatic rings. The molecule has 0 aliphatic carbocycles. The number of aliphatic hydroxyl groups is 1. The molecule has 0 bridgehead atoms. The minimum Gasteiger partial charge on any atom is -0.390 e. The number of ether oxygens (including phenoxy) is 2. The molecule has 0 radical (unpaired) electrons. The van der Waals surface area contributed by atoms with Gasteiger partial charge >= 0.3 is 0 Å². The van der Waals surface area contributed by atoms with E-state index in [4.69, 9.17) is 21.1 Å². The van der Waals surface area contributed by atoms with Crippen LogP contribution in [0.1, 0.15) is 5.56 Å². The Balaban J connectivity index is 1.83. The SMILES string of the molecule is CO[C@@H]1COC[C@@H](CNCc2ccc(F)cc2Cl)[C@@H]1O. The summed E-state index contributed by atoms with van der Waals surface area (Å²) in [5.41, 5.74) is 0.822. The maximum atomic E-state index is 12.9. The summed E-state index contributed by atoms with van der Waals surface area (Å²) in [5, 5.41) is 13.7. The summed E-state index contributed by atoms with van der Waals surface area (Å²) in [6.07, 6.45) is -0.838. The number of hydrogen-bond donors (Lipinski definition) is 2. The van der Waals surface area contributed by atoms with E-state index in [1.807, 2.05) is 0 Å². The maximum Gasteiger partial charge on any atom is 0.124 e. The highest BCUT2D eigenvalue weighted by Crippen LogP contribution is 2.19. The standard InChI is InChI=1S/C14H19ClFNO3/c1-19-13-8-20-7-10(14(13)18)6-17-5-9-2-3-11(16)4-12(9)15/h2-4,10,13-14,17-18H,5-8H2,1H3/t10-,13-,14+/m1/s1. The van der Waals surface area contributed by atoms with Gasteiger partial charge in [0.1, 0.15) is 11.9 Å². The number of nitrogens with one attached hydrogen (secondary N) is 1. The quantitative estimate of drug-likeness (QED) is 0.867. The van der Waals surface area contributed by atoms with Gasteiger partial charge in [0.15, 0.2) is 0 Å². The van der Waals surface area contributed by atoms with Gasteiger partial charge in [0.2, 0.25) is 0 Å². The van der Waals surface area contributed by atoms with E-state index in [0.717, 1.165) is 5.56 Å². The van der Waals surface area contributed by atoms with Crippen molar-refractivity contribution in [1.82, 2.24) is 5.32 Å². The van der Waals surface area contributed by atoms with Gasteiger partial charge in [0.05, 0.1) is 19.3 Å². The van der Waals surface area contributed by atoms with Crippen LogP contribution in [0.15, 0.2) is 18.2 Å². The lowest BCUT2D eigenvalue weighted by molar-refractivity contribution is -0.133. The molecule has 2 N–H and O–H groups in total. The van der Waals surface area contributed by atoms with Gasteiger partial charge in [-0.3, -0.25) is 0 Å². The topological polar surface area (TPSA) is 50.7 Å². The lowest BCUT2D eigenvalue weighted by atomic mass is 9.96. The Hall–Kier alpha value is -0.720. The van der Waals surface area contributed by atoms with Crippen molar-refractivity contribution in [3.05, 3.63) is 34.6 Å². The van der Waals surface area contributed by atoms with Crippen LogP contribution in [0.2, 0.25) is 5.02 Å². The van der Waals surface area contributed by atoms with Gasteiger partial charge in [0, 0.05) is 31.1 Å². The van der Waals surface area contributed by atoms with Crippen molar-refractivity contribution in [3.8, 4) is 0 Å². The summed E-state index contributed by atoms with van der Waals surface area (Å²) in [6, 6.07) is 4.32. The highest BCUT2D eigenvalue weighted by Gasteiger charge is 2.32. The van der Waals surface area contributed by atoms with E-state index < -0.39 is 6.10 Å². The Morgan fingerprint density at radius 3 is 3.00 bits per heavy atom. The summed E-state index contributed by atoms with van der Waals surface area (Å²) in [5.74, 6) is -0.384. The van der Waals surface area contributed by atoms with Gasteiger partial charge in [0.25, 0.3) is 0 Å². The fraction of sp³-hybridized carbons (Fsp3) is 0.571. The van der Waals surface area contributed by atoms with Crippen LogP contribution in [-0.4, -0.2) is 44.2 Å². The van der Waals surface area contributed by atoms with Crippen molar-refractivity contribution in [1.29, 1.82) is 0 Å². The predicted molar refractivity (Wildman–Crippen MR) is 74.2 cm³/mol. The molecule has 1 aliphatic heterocycles. The molecule has 1 aromatic rings. The molecular formula is C14H19ClFNO3. The second-order valence-corrected chi connectivity index (χ2v) is 5.34. The molecule has 3 atom stereocenters. The van der Waals surface area contributed by atoms with Crippen LogP contribution in [0, 0.1) is 11.7 Å². The van der Waals surface area contributed by atoms with Crippen molar-refractivity contribution < 1.29 is 19.0 Å². The molecule has 0 aromatic heterocycles. The molecule has 1 saturated heterocycles. The third kappa shape index (κ3) is 3.90. The smallest absolute Gasteiger partial charge is 0.124 e. The lowest BCUT2D eigenvalue weighted by Gasteiger charge is -2.33. The van der Waals surface area contributed by atoms with Crippen LogP contribution < -0.4 is 5.32 Å². The Morgan fingerprint density at radius 1 is 1.50 bits per heavy atom. The van der Waals surface area contributed by atoms with Crippen LogP contribution >= 0.6 is 11.6 Å². The normalized spacial score (nSPS) is 26.7. The van der Waals surface area contributed by atoms with Gasteiger partial charge < -0.3 is 19.9 Å². The van der Waals surface area contributed by atoms with Crippen molar-refractivity contribution in [2.45, 2.75) is 18.8 Å². The lowest BCUT2D eigenvalue weighted by Crippen LogP contribution is -2.48. The summed E-state index contributed by atoms with van der Waals surface area (Å²) in [7, 11) is 1.56. The van der Waals surface area contributed by atoms with Gasteiger partial charge in [-0.1, -0.05) is 17.7 Å². The molecule has 0 spiro atoms. The van der Waals surface area contributed by atoms with Crippen LogP contribution in [0.25, 0.3) is 0 Å². The second-order valence-electron chi connectivity index (χ2n) is 4.93. The van der Waals surface area contributed by atoms with Gasteiger partial charge in [-0.05, 0) is 17.7 Å². The van der Waals surface area contributed by atoms with E-state index in [9.17, 15) is 9.50 Å². The molecule has 112 valence electrons. The summed E-state index contributed by atoms with van der Waals surface area (Å²) >= 11 is 5.95. The molecule has 1 aromatic carbocycles. The van der Waals surface area contributed by atoms with Crippen LogP contribution in [0.3, 0.4) is 0 Å². The van der Waals surface area contributed by atoms with Crippen LogP contribution in [0.5, 0.6) is 0 Å². The zero-order chi connectivity index (χ0) is 14.5. The second kappa shape index (κ2) is 7.33. The van der Waals surface area contributed by atoms with Gasteiger partial charge in [-0.2, -0.15) is 0 Å². The first-order valence-electron chi connectivity index (χ1n) is 6.55. The predicted octanol–water partition coefficient (Wildman–Crippen LogP) is 1.59. The van der Waals surface area contributed by atoms with E-state index in [1.165, 1.54) is 12.1 Å². The number of halogens is 2. The Bertz CT molecular complexity index is 446. The van der Waals surface area contributed by atoms with Crippen molar-refractivity contribution in [2.75, 3.05) is 26.9 Å². The van der Waals surface area contributed by atoms with E-state index in [0.29, 0.717) is 31.3 Å². The molecule has 2 rings (SSSR count). The summed E-state index contributed by atoms with van der Waals surface area (Å²) < 4.78 is 23.5. The molecule has 1 heterocycles. The van der Waals surface area contributed by atoms with E-state index in [-0.39, 0.29) is 17.8 Å². The minimum absolute atomic E-state index is 0.0343. The first kappa shape index (κ1) is 15.7. The molecule has 0 amide bonds. The molecule has 6 heteroatoms. The van der Waals surface area contributed by atoms with Crippen molar-refractivity contribution in [2.24, 2.45) is 5.92 Å². The molecule has 4 nitrogen and oxygen atoms in total. The molecular weight excluding hydrogens is 285 g/mol. The van der Waals surface area contributed by atoms with Gasteiger partial charge in [-0.25, -0.2) is 4.39 Å². The van der Waals surface area contributed by atoms with Crippen molar-refractivity contribution >= 4 is 11.6 Å². The fourth-order valence-electron chi connectivity index (χ4n) is 2.28. The number of aliphatic hydroxyl groups excluding tert-OH is 1. The first-order valence-corrected chi connectivity index (χ1v) is 6.93. The highest BCUT2D eigenvalue weighted by molar-refractivity contribution is 6.31. The zero-order valence-corrected chi connectivity index (χ0v) is 12.1. The minimum atomic E-state index is -0.551. The van der Waals surface area contributed by atoms with Crippen molar-refractivity contribution in [3.63, 3.8) is 0 Å². The summed E-state index contributed by atoms with van der Waals surface area (Å²) in [6.45, 7) is 2.00. The molecule has 20 heavy (non-hydrogen) atoms. The first-order chi connectivity index (χ1) is 9.61. The number of hydrogen-bond acceptors (Lipinski definition) is 4. The number of rotatable bonds is 5. The molecule has 1 fully saturated rings. The summed E-state index contributed by atoms with van der Waals surface area (Å²) in [4.78, 5) is 0. The van der Waals surface area contributed by atoms with Crippen LogP contribution in [-0.2, 0) is 16.0 Å².